The molecule has 0 atom stereocenters. The third-order valence-electron chi connectivity index (χ3n) is 4.20. The van der Waals surface area contributed by atoms with Gasteiger partial charge in [0.15, 0.2) is 5.82 Å². The number of rotatable bonds is 8. The molecule has 2 N–H and O–H groups in total. The lowest BCUT2D eigenvalue weighted by Gasteiger charge is -2.13. The zero-order chi connectivity index (χ0) is 20.6. The van der Waals surface area contributed by atoms with Crippen molar-refractivity contribution in [3.8, 4) is 22.9 Å². The first kappa shape index (κ1) is 20.1. The van der Waals surface area contributed by atoms with Crippen molar-refractivity contribution in [2.45, 2.75) is 13.3 Å². The van der Waals surface area contributed by atoms with E-state index in [1.807, 2.05) is 30.3 Å². The Morgan fingerprint density at radius 2 is 1.79 bits per heavy atom. The molecular weight excluding hydrogens is 368 g/mol. The maximum Gasteiger partial charge on any atom is 0.274 e. The highest BCUT2D eigenvalue weighted by molar-refractivity contribution is 6.04. The standard InChI is InChI=1S/C22H24N4O3/c1-4-12-23-20-14-18(24-21(26-20)15-8-6-5-7-9-15)22(27)25-17-11-10-16(28-2)13-19(17)29-3/h5-11,13-14H,4,12H2,1-3H3,(H,25,27)(H,23,24,26). The number of nitrogens with zero attached hydrogens (tertiary/aromatic N) is 2. The Labute approximate surface area is 170 Å². The molecule has 1 amide bonds. The molecule has 2 aromatic carbocycles. The molecule has 3 aromatic rings. The van der Waals surface area contributed by atoms with E-state index in [2.05, 4.69) is 27.5 Å². The number of methoxy groups -OCH3 is 2. The van der Waals surface area contributed by atoms with E-state index < -0.39 is 0 Å². The summed E-state index contributed by atoms with van der Waals surface area (Å²) in [4.78, 5) is 21.9. The third-order valence-corrected chi connectivity index (χ3v) is 4.20. The number of benzene rings is 2. The number of hydrogen-bond donors (Lipinski definition) is 2. The molecule has 0 radical (unpaired) electrons. The van der Waals surface area contributed by atoms with Crippen LogP contribution < -0.4 is 20.1 Å². The van der Waals surface area contributed by atoms with Gasteiger partial charge in [0.05, 0.1) is 19.9 Å². The van der Waals surface area contributed by atoms with E-state index in [4.69, 9.17) is 9.47 Å². The molecule has 0 bridgehead atoms. The summed E-state index contributed by atoms with van der Waals surface area (Å²) in [6.45, 7) is 2.81. The van der Waals surface area contributed by atoms with Gasteiger partial charge in [0.25, 0.3) is 5.91 Å². The molecular formula is C22H24N4O3. The van der Waals surface area contributed by atoms with Gasteiger partial charge in [-0.05, 0) is 18.6 Å². The Morgan fingerprint density at radius 3 is 2.48 bits per heavy atom. The fourth-order valence-corrected chi connectivity index (χ4v) is 2.71. The number of carbonyl (C=O) groups excluding carboxylic acids is 1. The van der Waals surface area contributed by atoms with Crippen LogP contribution in [0, 0.1) is 0 Å². The van der Waals surface area contributed by atoms with Crippen LogP contribution in [0.1, 0.15) is 23.8 Å². The summed E-state index contributed by atoms with van der Waals surface area (Å²) < 4.78 is 10.6. The number of nitrogens with one attached hydrogen (secondary N) is 2. The van der Waals surface area contributed by atoms with Crippen LogP contribution in [0.4, 0.5) is 11.5 Å². The second-order valence-electron chi connectivity index (χ2n) is 6.28. The Hall–Kier alpha value is -3.61. The van der Waals surface area contributed by atoms with Gasteiger partial charge in [-0.1, -0.05) is 37.3 Å². The Balaban J connectivity index is 1.93. The first-order chi connectivity index (χ1) is 14.1. The van der Waals surface area contributed by atoms with Crippen LogP contribution in [-0.4, -0.2) is 36.6 Å². The minimum atomic E-state index is -0.354. The second kappa shape index (κ2) is 9.54. The van der Waals surface area contributed by atoms with Crippen molar-refractivity contribution >= 4 is 17.4 Å². The normalized spacial score (nSPS) is 10.3. The predicted molar refractivity (Wildman–Crippen MR) is 114 cm³/mol. The van der Waals surface area contributed by atoms with Crippen LogP contribution in [-0.2, 0) is 0 Å². The topological polar surface area (TPSA) is 85.4 Å². The average molecular weight is 392 g/mol. The van der Waals surface area contributed by atoms with Gasteiger partial charge < -0.3 is 20.1 Å². The molecule has 0 spiro atoms. The second-order valence-corrected chi connectivity index (χ2v) is 6.28. The quantitative estimate of drug-likeness (QED) is 0.597. The molecule has 150 valence electrons. The van der Waals surface area contributed by atoms with Crippen molar-refractivity contribution < 1.29 is 14.3 Å². The lowest BCUT2D eigenvalue weighted by molar-refractivity contribution is 0.102. The van der Waals surface area contributed by atoms with Crippen LogP contribution in [0.2, 0.25) is 0 Å². The molecule has 3 rings (SSSR count). The van der Waals surface area contributed by atoms with Gasteiger partial charge in [-0.25, -0.2) is 9.97 Å². The molecule has 0 fully saturated rings. The molecule has 0 aliphatic heterocycles. The van der Waals surface area contributed by atoms with E-state index in [9.17, 15) is 4.79 Å². The highest BCUT2D eigenvalue weighted by Crippen LogP contribution is 2.29. The fraction of sp³-hybridized carbons (Fsp3) is 0.227. The first-order valence-corrected chi connectivity index (χ1v) is 9.36. The predicted octanol–water partition coefficient (Wildman–Crippen LogP) is 4.24. The van der Waals surface area contributed by atoms with E-state index >= 15 is 0 Å². The minimum absolute atomic E-state index is 0.260. The van der Waals surface area contributed by atoms with Crippen LogP contribution in [0.15, 0.2) is 54.6 Å². The van der Waals surface area contributed by atoms with Crippen molar-refractivity contribution in [3.05, 3.63) is 60.3 Å². The van der Waals surface area contributed by atoms with Gasteiger partial charge >= 0.3 is 0 Å². The van der Waals surface area contributed by atoms with E-state index in [0.717, 1.165) is 18.5 Å². The van der Waals surface area contributed by atoms with Gasteiger partial charge in [-0.2, -0.15) is 0 Å². The first-order valence-electron chi connectivity index (χ1n) is 9.36. The molecule has 1 aromatic heterocycles. The van der Waals surface area contributed by atoms with Gasteiger partial charge in [0.1, 0.15) is 23.0 Å². The summed E-state index contributed by atoms with van der Waals surface area (Å²) in [6.07, 6.45) is 0.940. The minimum Gasteiger partial charge on any atom is -0.497 e. The van der Waals surface area contributed by atoms with E-state index in [1.54, 1.807) is 31.4 Å². The van der Waals surface area contributed by atoms with Crippen molar-refractivity contribution in [1.82, 2.24) is 9.97 Å². The van der Waals surface area contributed by atoms with E-state index in [1.165, 1.54) is 7.11 Å². The molecule has 7 nitrogen and oxygen atoms in total. The van der Waals surface area contributed by atoms with Gasteiger partial charge in [-0.3, -0.25) is 4.79 Å². The molecule has 0 unspecified atom stereocenters. The van der Waals surface area contributed by atoms with E-state index in [-0.39, 0.29) is 11.6 Å². The number of aromatic nitrogens is 2. The summed E-state index contributed by atoms with van der Waals surface area (Å²) >= 11 is 0. The molecule has 0 aliphatic carbocycles. The number of ether oxygens (including phenoxy) is 2. The largest absolute Gasteiger partial charge is 0.497 e. The molecule has 0 saturated heterocycles. The molecule has 29 heavy (non-hydrogen) atoms. The Bertz CT molecular complexity index is 977. The Kier molecular flexibility index (Phi) is 6.63. The summed E-state index contributed by atoms with van der Waals surface area (Å²) in [6, 6.07) is 16.4. The Morgan fingerprint density at radius 1 is 1.00 bits per heavy atom. The summed E-state index contributed by atoms with van der Waals surface area (Å²) in [5, 5.41) is 6.08. The molecule has 0 aliphatic rings. The summed E-state index contributed by atoms with van der Waals surface area (Å²) in [5.41, 5.74) is 1.63. The lowest BCUT2D eigenvalue weighted by Crippen LogP contribution is -2.16. The number of anilines is 2. The van der Waals surface area contributed by atoms with Crippen LogP contribution in [0.5, 0.6) is 11.5 Å². The third kappa shape index (κ3) is 5.01. The monoisotopic (exact) mass is 392 g/mol. The highest BCUT2D eigenvalue weighted by Gasteiger charge is 2.15. The fourth-order valence-electron chi connectivity index (χ4n) is 2.71. The van der Waals surface area contributed by atoms with E-state index in [0.29, 0.717) is 28.8 Å². The smallest absolute Gasteiger partial charge is 0.274 e. The van der Waals surface area contributed by atoms with Crippen molar-refractivity contribution in [3.63, 3.8) is 0 Å². The van der Waals surface area contributed by atoms with Gasteiger partial charge in [0.2, 0.25) is 0 Å². The number of amides is 1. The SMILES string of the molecule is CCCNc1cc(C(=O)Nc2ccc(OC)cc2OC)nc(-c2ccccc2)n1. The molecule has 7 heteroatoms. The van der Waals surface area contributed by atoms with Crippen LogP contribution >= 0.6 is 0 Å². The number of hydrogen-bond acceptors (Lipinski definition) is 6. The van der Waals surface area contributed by atoms with Crippen molar-refractivity contribution in [2.75, 3.05) is 31.4 Å². The van der Waals surface area contributed by atoms with Crippen LogP contribution in [0.3, 0.4) is 0 Å². The molecule has 0 saturated carbocycles. The maximum atomic E-state index is 12.9. The molecule has 1 heterocycles. The van der Waals surface area contributed by atoms with Crippen molar-refractivity contribution in [1.29, 1.82) is 0 Å². The van der Waals surface area contributed by atoms with Gasteiger partial charge in [-0.15, -0.1) is 0 Å². The number of carbonyl (C=O) groups is 1. The lowest BCUT2D eigenvalue weighted by atomic mass is 10.2. The van der Waals surface area contributed by atoms with Crippen molar-refractivity contribution in [2.24, 2.45) is 0 Å². The average Bonchev–Trinajstić information content (AvgIpc) is 2.78. The van der Waals surface area contributed by atoms with Crippen LogP contribution in [0.25, 0.3) is 11.4 Å². The summed E-state index contributed by atoms with van der Waals surface area (Å²) in [5.74, 6) is 1.87. The zero-order valence-corrected chi connectivity index (χ0v) is 16.7. The zero-order valence-electron chi connectivity index (χ0n) is 16.7. The maximum absolute atomic E-state index is 12.9. The summed E-state index contributed by atoms with van der Waals surface area (Å²) in [7, 11) is 3.11. The highest BCUT2D eigenvalue weighted by atomic mass is 16.5. The van der Waals surface area contributed by atoms with Gasteiger partial charge in [0, 0.05) is 24.2 Å².